The van der Waals surface area contributed by atoms with Crippen molar-refractivity contribution >= 4 is 11.6 Å². The fourth-order valence-electron chi connectivity index (χ4n) is 4.45. The van der Waals surface area contributed by atoms with E-state index < -0.39 is 11.3 Å². The maximum Gasteiger partial charge on any atom is 0.266 e. The van der Waals surface area contributed by atoms with Gasteiger partial charge in [-0.15, -0.1) is 5.56 Å². The number of halogens is 3. The third kappa shape index (κ3) is 4.39. The quantitative estimate of drug-likeness (QED) is 0.290. The van der Waals surface area contributed by atoms with Gasteiger partial charge in [0.2, 0.25) is 0 Å². The minimum atomic E-state index is -3.08. The summed E-state index contributed by atoms with van der Waals surface area (Å²) in [5.41, 5.74) is 1.89. The van der Waals surface area contributed by atoms with E-state index in [0.717, 1.165) is 30.0 Å². The molecular weight excluding hydrogens is 628 g/mol. The number of nitrogens with zero attached hydrogens (tertiary/aromatic N) is 2. The Labute approximate surface area is 205 Å². The zero-order valence-electron chi connectivity index (χ0n) is 16.6. The minimum absolute atomic E-state index is 0. The van der Waals surface area contributed by atoms with Crippen LogP contribution in [0.15, 0.2) is 49.1 Å². The second-order valence-electron chi connectivity index (χ2n) is 8.12. The normalized spacial score (nSPS) is 21.7. The second-order valence-corrected chi connectivity index (χ2v) is 8.55. The van der Waals surface area contributed by atoms with Crippen molar-refractivity contribution in [2.24, 2.45) is 0 Å². The zero-order valence-corrected chi connectivity index (χ0v) is 21.5. The molecule has 30 heavy (non-hydrogen) atoms. The number of hydrogen-bond acceptors (Lipinski definition) is 2. The van der Waals surface area contributed by atoms with Crippen molar-refractivity contribution < 1.29 is 39.9 Å². The fraction of sp³-hybridized carbons (Fsp3) is 0.375. The number of rotatable bonds is 6. The molecule has 1 atom stereocenters. The molecule has 2 aromatic carbocycles. The van der Waals surface area contributed by atoms with E-state index in [-0.39, 0.29) is 37.7 Å². The monoisotopic (exact) mass is 649 g/mol. The van der Waals surface area contributed by atoms with Gasteiger partial charge in [0.25, 0.3) is 5.92 Å². The molecule has 2 aromatic rings. The first-order chi connectivity index (χ1) is 13.9. The van der Waals surface area contributed by atoms with Crippen LogP contribution >= 0.6 is 11.6 Å². The molecule has 0 N–H and O–H groups in total. The van der Waals surface area contributed by atoms with Crippen LogP contribution in [0.25, 0.3) is 0 Å². The van der Waals surface area contributed by atoms with Gasteiger partial charge in [0.15, 0.2) is 0 Å². The molecule has 1 aliphatic carbocycles. The molecule has 1 aliphatic heterocycles. The van der Waals surface area contributed by atoms with Crippen molar-refractivity contribution in [2.45, 2.75) is 43.1 Å². The molecule has 0 spiro atoms. The van der Waals surface area contributed by atoms with Crippen LogP contribution in [0.5, 0.6) is 0 Å². The Morgan fingerprint density at radius 1 is 1.33 bits per heavy atom. The number of alkyl halides is 2. The molecule has 2 aliphatic rings. The first-order valence-corrected chi connectivity index (χ1v) is 10.2. The van der Waals surface area contributed by atoms with Crippen LogP contribution in [-0.4, -0.2) is 23.9 Å². The number of likely N-dealkylation sites (tertiary alicyclic amines) is 1. The fourth-order valence-corrected chi connectivity index (χ4v) is 4.63. The van der Waals surface area contributed by atoms with E-state index in [0.29, 0.717) is 41.6 Å². The molecular formula is C24H22ClF2N2U-. The Hall–Kier alpha value is -1.17. The molecule has 6 heteroatoms. The Bertz CT molecular complexity index is 983. The van der Waals surface area contributed by atoms with Crippen molar-refractivity contribution in [1.29, 1.82) is 5.26 Å². The molecule has 1 saturated heterocycles. The van der Waals surface area contributed by atoms with E-state index in [4.69, 9.17) is 11.6 Å². The molecule has 0 aromatic heterocycles. The summed E-state index contributed by atoms with van der Waals surface area (Å²) in [5.74, 6) is -2.57. The van der Waals surface area contributed by atoms with Gasteiger partial charge in [-0.25, -0.2) is 8.78 Å². The third-order valence-electron chi connectivity index (χ3n) is 6.21. The maximum atomic E-state index is 15.1. The van der Waals surface area contributed by atoms with Crippen molar-refractivity contribution in [3.05, 3.63) is 82.4 Å². The number of allylic oxidation sites excluding steroid dienone is 1. The Morgan fingerprint density at radius 3 is 2.73 bits per heavy atom. The minimum Gasteiger partial charge on any atom is -0.299 e. The molecule has 1 unspecified atom stereocenters. The van der Waals surface area contributed by atoms with Crippen molar-refractivity contribution in [3.8, 4) is 6.07 Å². The Kier molecular flexibility index (Phi) is 7.15. The van der Waals surface area contributed by atoms with E-state index >= 15 is 8.78 Å². The smallest absolute Gasteiger partial charge is 0.266 e. The molecule has 2 fully saturated rings. The van der Waals surface area contributed by atoms with Crippen LogP contribution in [0, 0.1) is 48.5 Å². The summed E-state index contributed by atoms with van der Waals surface area (Å²) >= 11 is 6.08. The van der Waals surface area contributed by atoms with E-state index in [9.17, 15) is 5.26 Å². The van der Waals surface area contributed by atoms with E-state index in [1.807, 2.05) is 23.1 Å². The summed E-state index contributed by atoms with van der Waals surface area (Å²) in [7, 11) is 0. The first-order valence-electron chi connectivity index (χ1n) is 9.82. The molecule has 0 bridgehead atoms. The standard InChI is InChI=1S/C24H22ClF2N2.U/c1-2-24(26,27)23(20-4-3-5-21(25)13-20)10-11-29(16-23)15-17-6-9-22(18-7-8-18)19(12-17)14-28;/h2,4-6,9,12-13,18H,1,7-8,10-11,15-16H2;/q-1;. The molecule has 0 amide bonds. The van der Waals surface area contributed by atoms with Gasteiger partial charge in [-0.05, 0) is 55.0 Å². The van der Waals surface area contributed by atoms with Crippen molar-refractivity contribution in [1.82, 2.24) is 4.90 Å². The van der Waals surface area contributed by atoms with E-state index in [1.54, 1.807) is 18.2 Å². The predicted molar refractivity (Wildman–Crippen MR) is 110 cm³/mol. The SMILES string of the molecule is C=CC(F)(F)C1(c2c[c-]cc(Cl)c2)CCN(Cc2ccc(C3CC3)c(C#N)c2)C1.[U]. The van der Waals surface area contributed by atoms with Gasteiger partial charge in [-0.3, -0.25) is 4.90 Å². The van der Waals surface area contributed by atoms with Crippen LogP contribution in [0.1, 0.15) is 47.4 Å². The Morgan fingerprint density at radius 2 is 2.10 bits per heavy atom. The van der Waals surface area contributed by atoms with Gasteiger partial charge in [-0.1, -0.05) is 23.7 Å². The van der Waals surface area contributed by atoms with Crippen molar-refractivity contribution in [2.75, 3.05) is 13.1 Å². The van der Waals surface area contributed by atoms with Gasteiger partial charge in [0, 0.05) is 49.6 Å². The van der Waals surface area contributed by atoms with E-state index in [1.165, 1.54) is 0 Å². The maximum absolute atomic E-state index is 15.1. The summed E-state index contributed by atoms with van der Waals surface area (Å²) in [6.07, 6.45) is 3.31. The average molecular weight is 650 g/mol. The van der Waals surface area contributed by atoms with Crippen LogP contribution in [0.2, 0.25) is 5.02 Å². The largest absolute Gasteiger partial charge is 0.299 e. The van der Waals surface area contributed by atoms with Gasteiger partial charge >= 0.3 is 0 Å². The number of hydrogen-bond donors (Lipinski definition) is 0. The Balaban J connectivity index is 0.00000256. The summed E-state index contributed by atoms with van der Waals surface area (Å²) in [6, 6.07) is 15.9. The third-order valence-corrected chi connectivity index (χ3v) is 6.43. The summed E-state index contributed by atoms with van der Waals surface area (Å²) in [6.45, 7) is 4.63. The number of nitriles is 1. The first kappa shape index (κ1) is 23.5. The number of benzene rings is 2. The molecule has 0 radical (unpaired) electrons. The van der Waals surface area contributed by atoms with Crippen LogP contribution < -0.4 is 0 Å². The van der Waals surface area contributed by atoms with Gasteiger partial charge in [0.1, 0.15) is 0 Å². The zero-order chi connectivity index (χ0) is 20.6. The molecule has 1 heterocycles. The van der Waals surface area contributed by atoms with Crippen LogP contribution in [0.3, 0.4) is 0 Å². The van der Waals surface area contributed by atoms with Gasteiger partial charge in [-0.2, -0.15) is 41.1 Å². The van der Waals surface area contributed by atoms with Crippen molar-refractivity contribution in [3.63, 3.8) is 0 Å². The van der Waals surface area contributed by atoms with Crippen LogP contribution in [-0.2, 0) is 12.0 Å². The summed E-state index contributed by atoms with van der Waals surface area (Å²) in [5, 5.41) is 9.88. The molecule has 154 valence electrons. The summed E-state index contributed by atoms with van der Waals surface area (Å²) in [4.78, 5) is 2.02. The van der Waals surface area contributed by atoms with Gasteiger partial charge < -0.3 is 0 Å². The molecule has 4 rings (SSSR count). The average Bonchev–Trinajstić information content (AvgIpc) is 3.47. The van der Waals surface area contributed by atoms with E-state index in [2.05, 4.69) is 18.7 Å². The molecule has 1 saturated carbocycles. The van der Waals surface area contributed by atoms with Gasteiger partial charge in [0.05, 0.1) is 11.6 Å². The van der Waals surface area contributed by atoms with Crippen LogP contribution in [0.4, 0.5) is 8.78 Å². The predicted octanol–water partition coefficient (Wildman–Crippen LogP) is 5.85. The topological polar surface area (TPSA) is 27.0 Å². The molecule has 2 nitrogen and oxygen atoms in total. The summed E-state index contributed by atoms with van der Waals surface area (Å²) < 4.78 is 30.1. The second kappa shape index (κ2) is 9.14.